The molecule has 9 rings (SSSR count). The smallest absolute Gasteiger partial charge is 0.185 e. The number of aromatic nitrogens is 8. The fourth-order valence-electron chi connectivity index (χ4n) is 5.81. The molecule has 2 aromatic carbocycles. The van der Waals surface area contributed by atoms with Gasteiger partial charge in [-0.3, -0.25) is 19.0 Å². The lowest BCUT2D eigenvalue weighted by molar-refractivity contribution is -0.118. The van der Waals surface area contributed by atoms with E-state index >= 15 is 0 Å². The molecule has 0 bridgehead atoms. The summed E-state index contributed by atoms with van der Waals surface area (Å²) in [5, 5.41) is 10.4. The minimum Gasteiger partial charge on any atom is -0.381 e. The predicted molar refractivity (Wildman–Crippen MR) is 189 cm³/mol. The molecule has 1 atom stereocenters. The van der Waals surface area contributed by atoms with E-state index in [1.165, 1.54) is 36.6 Å². The molecular weight excluding hydrogens is 764 g/mol. The molecule has 0 radical (unpaired) electrons. The van der Waals surface area contributed by atoms with Crippen LogP contribution in [0.15, 0.2) is 70.4 Å². The Balaban J connectivity index is 0.000000125. The van der Waals surface area contributed by atoms with Gasteiger partial charge in [0.1, 0.15) is 23.6 Å². The van der Waals surface area contributed by atoms with Crippen LogP contribution in [0.5, 0.6) is 0 Å². The normalized spacial score (nSPS) is 16.1. The SMILES string of the molecule is C1CCOC1.Cn1cc2c(C3C(=O)Cc4ccc(Br)cc43)ncnc2n1.Cn1cc2c(Cl)ncnc2n1.O=C1Cc2ccc(Br)cc2C1. The van der Waals surface area contributed by atoms with Crippen LogP contribution in [-0.4, -0.2) is 64.3 Å². The number of hydrogen-bond donors (Lipinski definition) is 0. The second-order valence-electron chi connectivity index (χ2n) is 11.5. The summed E-state index contributed by atoms with van der Waals surface area (Å²) in [5.74, 6) is 0.178. The number of ether oxygens (including phenoxy) is 1. The first kappa shape index (κ1) is 34.0. The molecule has 14 heteroatoms. The molecule has 48 heavy (non-hydrogen) atoms. The van der Waals surface area contributed by atoms with Crippen LogP contribution in [-0.2, 0) is 47.7 Å². The van der Waals surface area contributed by atoms with Crippen LogP contribution in [0.4, 0.5) is 0 Å². The summed E-state index contributed by atoms with van der Waals surface area (Å²) in [4.78, 5) is 39.8. The second kappa shape index (κ2) is 15.1. The van der Waals surface area contributed by atoms with Crippen molar-refractivity contribution in [3.8, 4) is 0 Å². The number of fused-ring (bicyclic) bond motifs is 4. The number of ketones is 2. The third-order valence-electron chi connectivity index (χ3n) is 7.99. The highest BCUT2D eigenvalue weighted by molar-refractivity contribution is 9.10. The van der Waals surface area contributed by atoms with Gasteiger partial charge in [0.05, 0.1) is 22.4 Å². The lowest BCUT2D eigenvalue weighted by atomic mass is 9.95. The molecule has 11 nitrogen and oxygen atoms in total. The van der Waals surface area contributed by atoms with Crippen molar-refractivity contribution in [1.29, 1.82) is 0 Å². The lowest BCUT2D eigenvalue weighted by Crippen LogP contribution is -2.10. The average Bonchev–Trinajstić information content (AvgIpc) is 3.88. The van der Waals surface area contributed by atoms with Gasteiger partial charge in [0.2, 0.25) is 0 Å². The van der Waals surface area contributed by atoms with Crippen LogP contribution in [0.1, 0.15) is 46.7 Å². The van der Waals surface area contributed by atoms with E-state index in [2.05, 4.69) is 62.0 Å². The Morgan fingerprint density at radius 1 is 0.750 bits per heavy atom. The molecule has 1 fully saturated rings. The summed E-state index contributed by atoms with van der Waals surface area (Å²) in [6.45, 7) is 2.00. The molecular formula is C34H31Br2ClN8O3. The third kappa shape index (κ3) is 7.86. The largest absolute Gasteiger partial charge is 0.381 e. The molecule has 4 aromatic heterocycles. The van der Waals surface area contributed by atoms with Gasteiger partial charge in [-0.2, -0.15) is 10.2 Å². The molecule has 1 saturated heterocycles. The van der Waals surface area contributed by atoms with Gasteiger partial charge in [-0.15, -0.1) is 0 Å². The molecule has 3 aliphatic rings. The van der Waals surface area contributed by atoms with Crippen LogP contribution in [0, 0.1) is 0 Å². The number of hydrogen-bond acceptors (Lipinski definition) is 9. The van der Waals surface area contributed by atoms with Gasteiger partial charge in [-0.05, 0) is 59.4 Å². The lowest BCUT2D eigenvalue weighted by Gasteiger charge is -2.10. The third-order valence-corrected chi connectivity index (χ3v) is 9.28. The number of carbonyl (C=O) groups excluding carboxylic acids is 2. The summed E-state index contributed by atoms with van der Waals surface area (Å²) in [6, 6.07) is 12.0. The summed E-state index contributed by atoms with van der Waals surface area (Å²) < 4.78 is 10.3. The van der Waals surface area contributed by atoms with Crippen molar-refractivity contribution < 1.29 is 14.3 Å². The number of halogens is 3. The predicted octanol–water partition coefficient (Wildman–Crippen LogP) is 6.31. The Kier molecular flexibility index (Phi) is 10.7. The number of Topliss-reactive ketones (excluding diaryl/α,β-unsaturated/α-hetero) is 2. The van der Waals surface area contributed by atoms with Crippen molar-refractivity contribution in [3.05, 3.63) is 103 Å². The monoisotopic (exact) mass is 792 g/mol. The Morgan fingerprint density at radius 2 is 1.35 bits per heavy atom. The number of nitrogens with zero attached hydrogens (tertiary/aromatic N) is 8. The number of carbonyl (C=O) groups is 2. The van der Waals surface area contributed by atoms with Crippen LogP contribution in [0.2, 0.25) is 5.15 Å². The first-order valence-electron chi connectivity index (χ1n) is 15.3. The van der Waals surface area contributed by atoms with E-state index in [-0.39, 0.29) is 11.7 Å². The molecule has 0 saturated carbocycles. The van der Waals surface area contributed by atoms with Gasteiger partial charge >= 0.3 is 0 Å². The Morgan fingerprint density at radius 3 is 2.02 bits per heavy atom. The van der Waals surface area contributed by atoms with Crippen molar-refractivity contribution in [1.82, 2.24) is 39.5 Å². The first-order valence-corrected chi connectivity index (χ1v) is 17.2. The minimum atomic E-state index is -0.327. The molecule has 2 aliphatic carbocycles. The van der Waals surface area contributed by atoms with Gasteiger partial charge in [0.25, 0.3) is 0 Å². The van der Waals surface area contributed by atoms with Crippen molar-refractivity contribution in [2.45, 2.75) is 38.0 Å². The fraction of sp³-hybridized carbons (Fsp3) is 0.294. The zero-order valence-corrected chi connectivity index (χ0v) is 30.2. The van der Waals surface area contributed by atoms with Gasteiger partial charge in [0, 0.05) is 67.9 Å². The zero-order chi connectivity index (χ0) is 33.8. The number of rotatable bonds is 1. The highest BCUT2D eigenvalue weighted by atomic mass is 79.9. The highest BCUT2D eigenvalue weighted by Gasteiger charge is 2.34. The van der Waals surface area contributed by atoms with Gasteiger partial charge < -0.3 is 4.74 Å². The fourth-order valence-corrected chi connectivity index (χ4v) is 6.77. The van der Waals surface area contributed by atoms with E-state index in [0.29, 0.717) is 41.5 Å². The molecule has 1 aliphatic heterocycles. The maximum Gasteiger partial charge on any atom is 0.185 e. The molecule has 0 amide bonds. The average molecular weight is 795 g/mol. The maximum absolute atomic E-state index is 12.5. The van der Waals surface area contributed by atoms with E-state index in [0.717, 1.165) is 49.8 Å². The molecule has 1 unspecified atom stereocenters. The van der Waals surface area contributed by atoms with E-state index in [1.54, 1.807) is 15.6 Å². The Bertz CT molecular complexity index is 2120. The molecule has 5 heterocycles. The summed E-state index contributed by atoms with van der Waals surface area (Å²) in [7, 11) is 3.66. The quantitative estimate of drug-likeness (QED) is 0.176. The topological polar surface area (TPSA) is 131 Å². The van der Waals surface area contributed by atoms with Crippen molar-refractivity contribution in [2.75, 3.05) is 13.2 Å². The number of benzene rings is 2. The molecule has 0 spiro atoms. The summed E-state index contributed by atoms with van der Waals surface area (Å²) >= 11 is 12.6. The standard InChI is InChI=1S/C15H11BrN4O.C9H7BrO.C6H5ClN4.C4H8O/c1-20-6-11-14(17-7-18-15(11)19-20)13-10-5-9(16)3-2-8(10)4-12(13)21;10-8-2-1-6-4-9(11)5-7(6)3-8;1-11-2-4-5(7)8-3-9-6(4)10-11;1-2-4-5-3-1/h2-3,5-7,13H,4H2,1H3;1-3H,4-5H2;2-3H,1H3;1-4H2. The van der Waals surface area contributed by atoms with Crippen LogP contribution in [0.3, 0.4) is 0 Å². The van der Waals surface area contributed by atoms with E-state index in [9.17, 15) is 9.59 Å². The van der Waals surface area contributed by atoms with Crippen LogP contribution in [0.25, 0.3) is 22.1 Å². The van der Waals surface area contributed by atoms with Crippen molar-refractivity contribution in [2.24, 2.45) is 14.1 Å². The van der Waals surface area contributed by atoms with E-state index in [4.69, 9.17) is 16.3 Å². The minimum absolute atomic E-state index is 0.173. The Hall–Kier alpha value is -3.91. The molecule has 6 aromatic rings. The molecule has 0 N–H and O–H groups in total. The van der Waals surface area contributed by atoms with E-state index in [1.807, 2.05) is 56.7 Å². The van der Waals surface area contributed by atoms with Crippen molar-refractivity contribution >= 4 is 77.1 Å². The first-order chi connectivity index (χ1) is 23.2. The summed E-state index contributed by atoms with van der Waals surface area (Å²) in [5.41, 5.74) is 6.48. The van der Waals surface area contributed by atoms with E-state index < -0.39 is 0 Å². The van der Waals surface area contributed by atoms with Gasteiger partial charge in [0.15, 0.2) is 17.1 Å². The van der Waals surface area contributed by atoms with Crippen LogP contribution < -0.4 is 0 Å². The Labute approximate surface area is 298 Å². The number of aryl methyl sites for hydroxylation is 2. The van der Waals surface area contributed by atoms with Gasteiger partial charge in [-0.1, -0.05) is 55.6 Å². The van der Waals surface area contributed by atoms with Gasteiger partial charge in [-0.25, -0.2) is 19.9 Å². The second-order valence-corrected chi connectivity index (χ2v) is 13.7. The zero-order valence-electron chi connectivity index (χ0n) is 26.2. The highest BCUT2D eigenvalue weighted by Crippen LogP contribution is 2.38. The molecule has 246 valence electrons. The van der Waals surface area contributed by atoms with Crippen LogP contribution >= 0.6 is 43.5 Å². The maximum atomic E-state index is 12.5. The van der Waals surface area contributed by atoms with Crippen molar-refractivity contribution in [3.63, 3.8) is 0 Å². The summed E-state index contributed by atoms with van der Waals surface area (Å²) in [6.07, 6.45) is 10.8.